The summed E-state index contributed by atoms with van der Waals surface area (Å²) < 4.78 is 22.0. The Labute approximate surface area is 95.9 Å². The Morgan fingerprint density at radius 3 is 2.12 bits per heavy atom. The van der Waals surface area contributed by atoms with Crippen molar-refractivity contribution in [3.63, 3.8) is 0 Å². The van der Waals surface area contributed by atoms with E-state index in [1.54, 1.807) is 13.8 Å². The zero-order valence-electron chi connectivity index (χ0n) is 10.1. The summed E-state index contributed by atoms with van der Waals surface area (Å²) in [7, 11) is -3.58. The number of hydrogen-bond donors (Lipinski definition) is 2. The van der Waals surface area contributed by atoms with E-state index in [0.717, 1.165) is 0 Å². The maximum atomic E-state index is 12.1. The number of amides is 1. The molecule has 0 aromatic carbocycles. The highest BCUT2D eigenvalue weighted by Gasteiger charge is 2.38. The summed E-state index contributed by atoms with van der Waals surface area (Å²) in [5.74, 6) is -1.68. The highest BCUT2D eigenvalue weighted by molar-refractivity contribution is 7.54. The van der Waals surface area contributed by atoms with Gasteiger partial charge in [0.25, 0.3) is 0 Å². The van der Waals surface area contributed by atoms with Gasteiger partial charge >= 0.3 is 7.60 Å². The Balaban J connectivity index is 4.65. The number of carbonyl (C=O) groups excluding carboxylic acids is 1. The number of nitrogens with one attached hydrogen (secondary N) is 1. The lowest BCUT2D eigenvalue weighted by molar-refractivity contribution is -0.120. The lowest BCUT2D eigenvalue weighted by Crippen LogP contribution is -2.40. The molecule has 0 spiro atoms. The summed E-state index contributed by atoms with van der Waals surface area (Å²) in [4.78, 5) is 10.8. The molecule has 7 heteroatoms. The van der Waals surface area contributed by atoms with E-state index in [-0.39, 0.29) is 19.1 Å². The van der Waals surface area contributed by atoms with Crippen LogP contribution in [0.15, 0.2) is 0 Å². The molecule has 96 valence electrons. The number of hydrogen-bond acceptors (Lipinski definition) is 5. The average molecular weight is 253 g/mol. The number of aliphatic hydroxyl groups is 1. The average Bonchev–Trinajstić information content (AvgIpc) is 2.16. The molecule has 0 radical (unpaired) electrons. The maximum absolute atomic E-state index is 12.1. The molecule has 0 aromatic rings. The molecule has 0 unspecified atom stereocenters. The van der Waals surface area contributed by atoms with Crippen molar-refractivity contribution in [2.24, 2.45) is 0 Å². The largest absolute Gasteiger partial charge is 0.379 e. The Morgan fingerprint density at radius 1 is 1.38 bits per heavy atom. The molecular formula is C9H20NO5P. The molecule has 0 heterocycles. The van der Waals surface area contributed by atoms with Crippen LogP contribution in [0.25, 0.3) is 0 Å². The topological polar surface area (TPSA) is 84.9 Å². The number of carbonyl (C=O) groups is 1. The zero-order chi connectivity index (χ0) is 12.8. The summed E-state index contributed by atoms with van der Waals surface area (Å²) in [6, 6.07) is -0.693. The van der Waals surface area contributed by atoms with Gasteiger partial charge in [-0.3, -0.25) is 9.36 Å². The van der Waals surface area contributed by atoms with Crippen LogP contribution >= 0.6 is 7.60 Å². The quantitative estimate of drug-likeness (QED) is 0.663. The van der Waals surface area contributed by atoms with Crippen molar-refractivity contribution in [3.05, 3.63) is 0 Å². The molecule has 0 rings (SSSR count). The maximum Gasteiger partial charge on any atom is 0.360 e. The smallest absolute Gasteiger partial charge is 0.360 e. The first-order valence-corrected chi connectivity index (χ1v) is 6.82. The van der Waals surface area contributed by atoms with Crippen LogP contribution in [-0.2, 0) is 18.4 Å². The standard InChI is InChI=1S/C9H20NO5P/c1-5-14-16(13,15-6-2)9(12)7(3)10-8(4)11/h7,9,12H,5-6H2,1-4H3,(H,10,11)/t7-,9-/m0/s1. The van der Waals surface area contributed by atoms with Crippen molar-refractivity contribution in [2.75, 3.05) is 13.2 Å². The Morgan fingerprint density at radius 2 is 1.81 bits per heavy atom. The van der Waals surface area contributed by atoms with E-state index in [1.807, 2.05) is 0 Å². The van der Waals surface area contributed by atoms with Gasteiger partial charge in [-0.2, -0.15) is 0 Å². The van der Waals surface area contributed by atoms with Gasteiger partial charge in [0, 0.05) is 6.92 Å². The van der Waals surface area contributed by atoms with Gasteiger partial charge in [-0.05, 0) is 20.8 Å². The lowest BCUT2D eigenvalue weighted by Gasteiger charge is -2.26. The van der Waals surface area contributed by atoms with Gasteiger partial charge in [0.1, 0.15) is 0 Å². The van der Waals surface area contributed by atoms with E-state index in [4.69, 9.17) is 9.05 Å². The van der Waals surface area contributed by atoms with Gasteiger partial charge in [-0.1, -0.05) is 0 Å². The molecule has 2 atom stereocenters. The Kier molecular flexibility index (Phi) is 6.83. The van der Waals surface area contributed by atoms with Crippen LogP contribution in [0.4, 0.5) is 0 Å². The molecule has 1 amide bonds. The van der Waals surface area contributed by atoms with Gasteiger partial charge in [-0.15, -0.1) is 0 Å². The fraction of sp³-hybridized carbons (Fsp3) is 0.889. The van der Waals surface area contributed by atoms with Crippen LogP contribution in [0.5, 0.6) is 0 Å². The van der Waals surface area contributed by atoms with E-state index in [0.29, 0.717) is 0 Å². The Bertz CT molecular complexity index is 261. The van der Waals surface area contributed by atoms with Crippen LogP contribution < -0.4 is 5.32 Å². The molecule has 16 heavy (non-hydrogen) atoms. The molecule has 0 aromatic heterocycles. The van der Waals surface area contributed by atoms with E-state index in [2.05, 4.69) is 5.32 Å². The fourth-order valence-corrected chi connectivity index (χ4v) is 2.94. The second-order valence-electron chi connectivity index (χ2n) is 3.28. The second kappa shape index (κ2) is 7.01. The molecule has 0 bridgehead atoms. The SMILES string of the molecule is CCOP(=O)(OCC)[C@H](O)[C@H](C)NC(C)=O. The van der Waals surface area contributed by atoms with E-state index in [9.17, 15) is 14.5 Å². The molecule has 6 nitrogen and oxygen atoms in total. The van der Waals surface area contributed by atoms with Gasteiger partial charge < -0.3 is 19.5 Å². The summed E-state index contributed by atoms with van der Waals surface area (Å²) in [6.45, 7) is 6.50. The van der Waals surface area contributed by atoms with Crippen LogP contribution in [0, 0.1) is 0 Å². The molecule has 0 aliphatic heterocycles. The van der Waals surface area contributed by atoms with Gasteiger partial charge in [0.15, 0.2) is 5.85 Å². The minimum atomic E-state index is -3.58. The van der Waals surface area contributed by atoms with E-state index >= 15 is 0 Å². The van der Waals surface area contributed by atoms with Crippen LogP contribution in [0.1, 0.15) is 27.7 Å². The van der Waals surface area contributed by atoms with Gasteiger partial charge in [0.05, 0.1) is 19.3 Å². The second-order valence-corrected chi connectivity index (χ2v) is 5.40. The van der Waals surface area contributed by atoms with Crippen molar-refractivity contribution < 1.29 is 23.5 Å². The molecule has 2 N–H and O–H groups in total. The van der Waals surface area contributed by atoms with Crippen LogP contribution in [0.2, 0.25) is 0 Å². The third kappa shape index (κ3) is 4.61. The first-order valence-electron chi connectivity index (χ1n) is 5.21. The normalized spacial score (nSPS) is 15.6. The number of rotatable bonds is 7. The summed E-state index contributed by atoms with van der Waals surface area (Å²) in [5, 5.41) is 12.3. The monoisotopic (exact) mass is 253 g/mol. The third-order valence-electron chi connectivity index (χ3n) is 1.82. The first-order chi connectivity index (χ1) is 7.37. The van der Waals surface area contributed by atoms with Crippen molar-refractivity contribution >= 4 is 13.5 Å². The molecule has 0 aliphatic rings. The predicted octanol–water partition coefficient (Wildman–Crippen LogP) is 1.10. The number of aliphatic hydroxyl groups excluding tert-OH is 1. The minimum Gasteiger partial charge on any atom is -0.379 e. The third-order valence-corrected chi connectivity index (χ3v) is 4.15. The van der Waals surface area contributed by atoms with Crippen LogP contribution in [-0.4, -0.2) is 36.1 Å². The molecule has 0 fully saturated rings. The highest BCUT2D eigenvalue weighted by Crippen LogP contribution is 2.52. The van der Waals surface area contributed by atoms with Gasteiger partial charge in [-0.25, -0.2) is 0 Å². The molecule has 0 saturated carbocycles. The minimum absolute atomic E-state index is 0.168. The summed E-state index contributed by atoms with van der Waals surface area (Å²) in [5.41, 5.74) is 0. The molecular weight excluding hydrogens is 233 g/mol. The van der Waals surface area contributed by atoms with Crippen molar-refractivity contribution in [3.8, 4) is 0 Å². The van der Waals surface area contributed by atoms with Gasteiger partial charge in [0.2, 0.25) is 5.91 Å². The van der Waals surface area contributed by atoms with E-state index in [1.165, 1.54) is 13.8 Å². The summed E-state index contributed by atoms with van der Waals surface area (Å²) >= 11 is 0. The molecule has 0 aliphatic carbocycles. The van der Waals surface area contributed by atoms with Crippen LogP contribution in [0.3, 0.4) is 0 Å². The zero-order valence-corrected chi connectivity index (χ0v) is 11.0. The molecule has 0 saturated heterocycles. The highest BCUT2D eigenvalue weighted by atomic mass is 31.2. The van der Waals surface area contributed by atoms with Crippen molar-refractivity contribution in [1.29, 1.82) is 0 Å². The predicted molar refractivity (Wildman–Crippen MR) is 60.1 cm³/mol. The van der Waals surface area contributed by atoms with Crippen molar-refractivity contribution in [1.82, 2.24) is 5.32 Å². The first kappa shape index (κ1) is 15.6. The fourth-order valence-electron chi connectivity index (χ4n) is 1.22. The van der Waals surface area contributed by atoms with E-state index < -0.39 is 19.5 Å². The lowest BCUT2D eigenvalue weighted by atomic mass is 10.3. The summed E-state index contributed by atoms with van der Waals surface area (Å²) in [6.07, 6.45) is 0. The van der Waals surface area contributed by atoms with Crippen molar-refractivity contribution in [2.45, 2.75) is 39.6 Å². The Hall–Kier alpha value is -0.420.